The van der Waals surface area contributed by atoms with Crippen molar-refractivity contribution in [2.45, 2.75) is 50.6 Å². The number of fused-ring (bicyclic) bond motifs is 3. The Balaban J connectivity index is 0.00000182. The molecule has 4 nitrogen and oxygen atoms in total. The second kappa shape index (κ2) is 8.21. The molecule has 1 amide bonds. The summed E-state index contributed by atoms with van der Waals surface area (Å²) in [6.45, 7) is 0.657. The number of carbonyl (C=O) groups excluding carboxylic acids is 1. The van der Waals surface area contributed by atoms with Gasteiger partial charge < -0.3 is 10.6 Å². The highest BCUT2D eigenvalue weighted by atomic mass is 35.5. The van der Waals surface area contributed by atoms with Gasteiger partial charge in [0.05, 0.1) is 15.2 Å². The van der Waals surface area contributed by atoms with Crippen LogP contribution in [0.3, 0.4) is 0 Å². The zero-order chi connectivity index (χ0) is 16.5. The van der Waals surface area contributed by atoms with Crippen LogP contribution in [0.2, 0.25) is 5.02 Å². The van der Waals surface area contributed by atoms with Crippen molar-refractivity contribution in [3.8, 4) is 0 Å². The quantitative estimate of drug-likeness (QED) is 0.799. The Kier molecular flexibility index (Phi) is 6.21. The number of thiazole rings is 1. The van der Waals surface area contributed by atoms with E-state index < -0.39 is 0 Å². The third-order valence-electron chi connectivity index (χ3n) is 5.10. The van der Waals surface area contributed by atoms with Crippen molar-refractivity contribution in [1.82, 2.24) is 15.6 Å². The number of amides is 1. The van der Waals surface area contributed by atoms with Crippen molar-refractivity contribution in [1.29, 1.82) is 0 Å². The maximum atomic E-state index is 12.2. The van der Waals surface area contributed by atoms with E-state index in [0.717, 1.165) is 34.5 Å². The van der Waals surface area contributed by atoms with Crippen LogP contribution in [0.25, 0.3) is 10.2 Å². The van der Waals surface area contributed by atoms with E-state index in [-0.39, 0.29) is 18.3 Å². The van der Waals surface area contributed by atoms with E-state index in [2.05, 4.69) is 15.6 Å². The summed E-state index contributed by atoms with van der Waals surface area (Å²) in [5.41, 5.74) is 0.944. The Morgan fingerprint density at radius 2 is 2.08 bits per heavy atom. The molecule has 2 N–H and O–H groups in total. The van der Waals surface area contributed by atoms with Crippen LogP contribution in [-0.2, 0) is 11.2 Å². The van der Waals surface area contributed by atoms with Crippen molar-refractivity contribution < 1.29 is 4.79 Å². The lowest BCUT2D eigenvalue weighted by Gasteiger charge is -2.28. The molecule has 3 heterocycles. The highest BCUT2D eigenvalue weighted by Crippen LogP contribution is 2.32. The SMILES string of the molecule is Cl.O=C(CC1CC2CCC(C1)N2)NCCc1nc2cc(Cl)ccc2s1. The molecule has 136 valence electrons. The summed E-state index contributed by atoms with van der Waals surface area (Å²) in [5.74, 6) is 0.735. The molecule has 4 rings (SSSR count). The zero-order valence-electron chi connectivity index (χ0n) is 14.0. The lowest BCUT2D eigenvalue weighted by Crippen LogP contribution is -2.39. The summed E-state index contributed by atoms with van der Waals surface area (Å²) in [5, 5.41) is 8.45. The van der Waals surface area contributed by atoms with Gasteiger partial charge in [-0.15, -0.1) is 23.7 Å². The molecular formula is C18H23Cl2N3OS. The van der Waals surface area contributed by atoms with Gasteiger partial charge in [0.25, 0.3) is 0 Å². The first-order valence-corrected chi connectivity index (χ1v) is 9.93. The zero-order valence-corrected chi connectivity index (χ0v) is 16.4. The van der Waals surface area contributed by atoms with Gasteiger partial charge in [0, 0.05) is 36.5 Å². The largest absolute Gasteiger partial charge is 0.356 e. The van der Waals surface area contributed by atoms with E-state index in [1.807, 2.05) is 18.2 Å². The molecule has 0 aliphatic carbocycles. The first-order valence-electron chi connectivity index (χ1n) is 8.73. The average molecular weight is 400 g/mol. The number of nitrogens with zero attached hydrogens (tertiary/aromatic N) is 1. The molecule has 2 bridgehead atoms. The lowest BCUT2D eigenvalue weighted by atomic mass is 9.89. The fraction of sp³-hybridized carbons (Fsp3) is 0.556. The molecule has 7 heteroatoms. The van der Waals surface area contributed by atoms with Crippen molar-refractivity contribution in [2.75, 3.05) is 6.54 Å². The van der Waals surface area contributed by atoms with Crippen LogP contribution in [0.15, 0.2) is 18.2 Å². The van der Waals surface area contributed by atoms with Crippen LogP contribution in [0.4, 0.5) is 0 Å². The Labute approximate surface area is 163 Å². The predicted molar refractivity (Wildman–Crippen MR) is 106 cm³/mol. The number of benzene rings is 1. The third kappa shape index (κ3) is 4.64. The summed E-state index contributed by atoms with van der Waals surface area (Å²) in [4.78, 5) is 16.8. The standard InChI is InChI=1S/C18H22ClN3OS.ClH/c19-12-1-4-16-15(10-12)22-18(24-16)5-6-20-17(23)9-11-7-13-2-3-14(8-11)21-13;/h1,4,10-11,13-14,21H,2-3,5-9H2,(H,20,23);1H. The number of rotatable bonds is 5. The van der Waals surface area contributed by atoms with Crippen LogP contribution in [0.1, 0.15) is 37.1 Å². The number of hydrogen-bond donors (Lipinski definition) is 2. The molecule has 0 radical (unpaired) electrons. The highest BCUT2D eigenvalue weighted by Gasteiger charge is 2.34. The van der Waals surface area contributed by atoms with Crippen LogP contribution in [0, 0.1) is 5.92 Å². The van der Waals surface area contributed by atoms with E-state index in [1.54, 1.807) is 11.3 Å². The third-order valence-corrected chi connectivity index (χ3v) is 6.43. The van der Waals surface area contributed by atoms with Crippen LogP contribution < -0.4 is 10.6 Å². The van der Waals surface area contributed by atoms with Gasteiger partial charge in [-0.2, -0.15) is 0 Å². The molecule has 2 unspecified atom stereocenters. The molecular weight excluding hydrogens is 377 g/mol. The Bertz CT molecular complexity index is 739. The number of carbonyl (C=O) groups is 1. The fourth-order valence-corrected chi connectivity index (χ4v) is 5.15. The lowest BCUT2D eigenvalue weighted by molar-refractivity contribution is -0.122. The average Bonchev–Trinajstić information content (AvgIpc) is 3.09. The van der Waals surface area contributed by atoms with E-state index in [9.17, 15) is 4.79 Å². The molecule has 1 aromatic heterocycles. The van der Waals surface area contributed by atoms with E-state index in [0.29, 0.717) is 36.0 Å². The van der Waals surface area contributed by atoms with Crippen molar-refractivity contribution in [3.05, 3.63) is 28.2 Å². The summed E-state index contributed by atoms with van der Waals surface area (Å²) >= 11 is 7.67. The van der Waals surface area contributed by atoms with Gasteiger partial charge in [-0.25, -0.2) is 4.98 Å². The Hall–Kier alpha value is -0.880. The van der Waals surface area contributed by atoms with Crippen molar-refractivity contribution in [3.63, 3.8) is 0 Å². The molecule has 2 atom stereocenters. The van der Waals surface area contributed by atoms with Gasteiger partial charge in [0.15, 0.2) is 0 Å². The normalized spacial score (nSPS) is 24.9. The minimum absolute atomic E-state index is 0. The number of piperidine rings is 1. The van der Waals surface area contributed by atoms with E-state index in [4.69, 9.17) is 11.6 Å². The first kappa shape index (κ1) is 18.9. The molecule has 2 aliphatic rings. The molecule has 2 aliphatic heterocycles. The fourth-order valence-electron chi connectivity index (χ4n) is 4.04. The van der Waals surface area contributed by atoms with Gasteiger partial charge in [0.1, 0.15) is 0 Å². The summed E-state index contributed by atoms with van der Waals surface area (Å²) < 4.78 is 1.14. The summed E-state index contributed by atoms with van der Waals surface area (Å²) in [6.07, 6.45) is 6.32. The molecule has 0 spiro atoms. The van der Waals surface area contributed by atoms with Crippen LogP contribution in [-0.4, -0.2) is 29.5 Å². The van der Waals surface area contributed by atoms with Crippen LogP contribution >= 0.6 is 35.3 Å². The number of nitrogens with one attached hydrogen (secondary N) is 2. The van der Waals surface area contributed by atoms with Gasteiger partial charge in [-0.1, -0.05) is 11.6 Å². The van der Waals surface area contributed by atoms with Gasteiger partial charge >= 0.3 is 0 Å². The van der Waals surface area contributed by atoms with Gasteiger partial charge in [0.2, 0.25) is 5.91 Å². The number of hydrogen-bond acceptors (Lipinski definition) is 4. The molecule has 25 heavy (non-hydrogen) atoms. The topological polar surface area (TPSA) is 54.0 Å². The predicted octanol–water partition coefficient (Wildman–Crippen LogP) is 3.95. The van der Waals surface area contributed by atoms with Crippen molar-refractivity contribution in [2.24, 2.45) is 5.92 Å². The molecule has 2 aromatic rings. The smallest absolute Gasteiger partial charge is 0.220 e. The van der Waals surface area contributed by atoms with E-state index >= 15 is 0 Å². The maximum absolute atomic E-state index is 12.2. The first-order chi connectivity index (χ1) is 11.7. The highest BCUT2D eigenvalue weighted by molar-refractivity contribution is 7.18. The second-order valence-electron chi connectivity index (χ2n) is 7.00. The van der Waals surface area contributed by atoms with E-state index in [1.165, 1.54) is 12.8 Å². The number of halogens is 2. The Morgan fingerprint density at radius 3 is 2.84 bits per heavy atom. The Morgan fingerprint density at radius 1 is 1.32 bits per heavy atom. The molecule has 2 saturated heterocycles. The molecule has 2 fully saturated rings. The van der Waals surface area contributed by atoms with Crippen LogP contribution in [0.5, 0.6) is 0 Å². The minimum Gasteiger partial charge on any atom is -0.356 e. The van der Waals surface area contributed by atoms with Crippen molar-refractivity contribution >= 4 is 51.5 Å². The monoisotopic (exact) mass is 399 g/mol. The molecule has 0 saturated carbocycles. The number of aromatic nitrogens is 1. The molecule has 1 aromatic carbocycles. The van der Waals surface area contributed by atoms with Gasteiger partial charge in [-0.05, 0) is 49.8 Å². The summed E-state index contributed by atoms with van der Waals surface area (Å²) in [6, 6.07) is 7.08. The minimum atomic E-state index is 0. The maximum Gasteiger partial charge on any atom is 0.220 e. The summed E-state index contributed by atoms with van der Waals surface area (Å²) in [7, 11) is 0. The van der Waals surface area contributed by atoms with Gasteiger partial charge in [-0.3, -0.25) is 4.79 Å². The second-order valence-corrected chi connectivity index (χ2v) is 8.55.